The molecule has 1 amide bonds. The fraction of sp³-hybridized carbons (Fsp3) is 0.346. The Bertz CT molecular complexity index is 1350. The quantitative estimate of drug-likeness (QED) is 0.422. The molecule has 9 heteroatoms. The Balaban J connectivity index is 1.40. The molecule has 3 aromatic heterocycles. The molecule has 0 radical (unpaired) electrons. The number of nitrogens with zero attached hydrogens (tertiary/aromatic N) is 5. The lowest BCUT2D eigenvalue weighted by Gasteiger charge is -2.23. The zero-order valence-electron chi connectivity index (χ0n) is 20.1. The maximum absolute atomic E-state index is 13.5. The Morgan fingerprint density at radius 2 is 1.97 bits per heavy atom. The highest BCUT2D eigenvalue weighted by Gasteiger charge is 2.33. The summed E-state index contributed by atoms with van der Waals surface area (Å²) in [6.45, 7) is 6.40. The molecule has 0 aliphatic carbocycles. The van der Waals surface area contributed by atoms with E-state index in [9.17, 15) is 4.79 Å². The number of likely N-dealkylation sites (tertiary alicyclic amines) is 1. The first-order valence-corrected chi connectivity index (χ1v) is 12.6. The standard InChI is InChI=1S/C26H28N6O2S/c1-16-12-19(24(33)32-11-7-10-21(32)23-29-17(2)15-35-23)13-20(28-16)22-30-31-25(34-22)26(3,27)14-18-8-5-4-6-9-18/h4-6,8-9,12-13,15,21H,7,10-11,14,27H2,1-3H3/t21-,26-/m1/s1. The number of amides is 1. The second kappa shape index (κ2) is 9.31. The summed E-state index contributed by atoms with van der Waals surface area (Å²) in [4.78, 5) is 24.6. The van der Waals surface area contributed by atoms with Crippen molar-refractivity contribution in [3.8, 4) is 11.6 Å². The second-order valence-electron chi connectivity index (χ2n) is 9.36. The minimum absolute atomic E-state index is 0.00376. The first-order chi connectivity index (χ1) is 16.8. The van der Waals surface area contributed by atoms with E-state index in [1.807, 2.05) is 61.4 Å². The van der Waals surface area contributed by atoms with Gasteiger partial charge in [0.15, 0.2) is 0 Å². The summed E-state index contributed by atoms with van der Waals surface area (Å²) in [5.74, 6) is 0.530. The first-order valence-electron chi connectivity index (χ1n) is 11.7. The van der Waals surface area contributed by atoms with Crippen LogP contribution in [0.15, 0.2) is 52.3 Å². The van der Waals surface area contributed by atoms with Crippen LogP contribution in [0, 0.1) is 13.8 Å². The first kappa shape index (κ1) is 23.3. The lowest BCUT2D eigenvalue weighted by Crippen LogP contribution is -2.35. The van der Waals surface area contributed by atoms with Gasteiger partial charge in [-0.05, 0) is 57.7 Å². The van der Waals surface area contributed by atoms with Crippen molar-refractivity contribution in [2.24, 2.45) is 5.73 Å². The molecule has 4 aromatic rings. The van der Waals surface area contributed by atoms with Gasteiger partial charge in [0.1, 0.15) is 10.7 Å². The summed E-state index contributed by atoms with van der Waals surface area (Å²) >= 11 is 1.61. The maximum Gasteiger partial charge on any atom is 0.266 e. The van der Waals surface area contributed by atoms with Crippen LogP contribution in [0.4, 0.5) is 0 Å². The topological polar surface area (TPSA) is 111 Å². The maximum atomic E-state index is 13.5. The molecule has 1 saturated heterocycles. The third-order valence-electron chi connectivity index (χ3n) is 6.18. The average molecular weight is 489 g/mol. The molecule has 5 rings (SSSR count). The molecule has 1 aliphatic heterocycles. The molecular weight excluding hydrogens is 460 g/mol. The number of aromatic nitrogens is 4. The van der Waals surface area contributed by atoms with Gasteiger partial charge in [-0.1, -0.05) is 30.3 Å². The number of benzene rings is 1. The third kappa shape index (κ3) is 4.87. The van der Waals surface area contributed by atoms with Gasteiger partial charge in [0.2, 0.25) is 5.89 Å². The van der Waals surface area contributed by atoms with Crippen LogP contribution in [-0.4, -0.2) is 37.5 Å². The number of pyridine rings is 1. The van der Waals surface area contributed by atoms with Gasteiger partial charge in [0.25, 0.3) is 11.8 Å². The predicted octanol–water partition coefficient (Wildman–Crippen LogP) is 4.60. The molecule has 8 nitrogen and oxygen atoms in total. The van der Waals surface area contributed by atoms with Crippen LogP contribution in [0.5, 0.6) is 0 Å². The van der Waals surface area contributed by atoms with Gasteiger partial charge in [-0.15, -0.1) is 21.5 Å². The molecule has 180 valence electrons. The Morgan fingerprint density at radius 1 is 1.17 bits per heavy atom. The van der Waals surface area contributed by atoms with Gasteiger partial charge in [-0.25, -0.2) is 9.97 Å². The highest BCUT2D eigenvalue weighted by Crippen LogP contribution is 2.35. The Labute approximate surface area is 208 Å². The van der Waals surface area contributed by atoms with E-state index in [0.717, 1.165) is 29.1 Å². The molecule has 1 aliphatic rings. The van der Waals surface area contributed by atoms with Crippen LogP contribution in [0.25, 0.3) is 11.6 Å². The van der Waals surface area contributed by atoms with Gasteiger partial charge in [0, 0.05) is 28.9 Å². The van der Waals surface area contributed by atoms with E-state index in [2.05, 4.69) is 20.2 Å². The molecule has 0 spiro atoms. The largest absolute Gasteiger partial charge is 0.417 e. The van der Waals surface area contributed by atoms with Gasteiger partial charge >= 0.3 is 0 Å². The number of hydrogen-bond acceptors (Lipinski definition) is 8. The Morgan fingerprint density at radius 3 is 2.71 bits per heavy atom. The highest BCUT2D eigenvalue weighted by molar-refractivity contribution is 7.09. The summed E-state index contributed by atoms with van der Waals surface area (Å²) in [7, 11) is 0. The number of thiazole rings is 1. The van der Waals surface area contributed by atoms with E-state index in [1.165, 1.54) is 0 Å². The van der Waals surface area contributed by atoms with E-state index in [-0.39, 0.29) is 17.8 Å². The summed E-state index contributed by atoms with van der Waals surface area (Å²) in [6.07, 6.45) is 2.42. The lowest BCUT2D eigenvalue weighted by molar-refractivity contribution is 0.0735. The molecule has 0 bridgehead atoms. The van der Waals surface area contributed by atoms with Crippen molar-refractivity contribution in [2.75, 3.05) is 6.54 Å². The van der Waals surface area contributed by atoms with Crippen molar-refractivity contribution in [1.29, 1.82) is 0 Å². The molecule has 1 fully saturated rings. The van der Waals surface area contributed by atoms with Crippen LogP contribution in [-0.2, 0) is 12.0 Å². The van der Waals surface area contributed by atoms with Gasteiger partial charge in [0.05, 0.1) is 11.6 Å². The normalized spacial score (nSPS) is 17.5. The van der Waals surface area contributed by atoms with Crippen LogP contribution in [0.2, 0.25) is 0 Å². The molecule has 4 heterocycles. The van der Waals surface area contributed by atoms with Crippen LogP contribution in [0.3, 0.4) is 0 Å². The fourth-order valence-electron chi connectivity index (χ4n) is 4.51. The van der Waals surface area contributed by atoms with Crippen molar-refractivity contribution in [2.45, 2.75) is 51.6 Å². The van der Waals surface area contributed by atoms with Gasteiger partial charge in [-0.3, -0.25) is 4.79 Å². The van der Waals surface area contributed by atoms with E-state index in [1.54, 1.807) is 23.5 Å². The van der Waals surface area contributed by atoms with Crippen molar-refractivity contribution >= 4 is 17.2 Å². The number of carbonyl (C=O) groups excluding carboxylic acids is 1. The highest BCUT2D eigenvalue weighted by atomic mass is 32.1. The smallest absolute Gasteiger partial charge is 0.266 e. The minimum atomic E-state index is -0.844. The fourth-order valence-corrected chi connectivity index (χ4v) is 5.46. The monoisotopic (exact) mass is 488 g/mol. The SMILES string of the molecule is Cc1cc(C(=O)N2CCC[C@@H]2c2nc(C)cs2)cc(-c2nnc([C@](C)(N)Cc3ccccc3)o2)n1. The van der Waals surface area contributed by atoms with Crippen LogP contribution in [0.1, 0.15) is 64.0 Å². The Hall–Kier alpha value is -3.43. The van der Waals surface area contributed by atoms with E-state index >= 15 is 0 Å². The second-order valence-corrected chi connectivity index (χ2v) is 10.2. The number of aryl methyl sites for hydroxylation is 2. The molecule has 0 saturated carbocycles. The zero-order valence-corrected chi connectivity index (χ0v) is 20.9. The van der Waals surface area contributed by atoms with Crippen molar-refractivity contribution in [3.05, 3.63) is 81.3 Å². The van der Waals surface area contributed by atoms with Crippen molar-refractivity contribution in [1.82, 2.24) is 25.1 Å². The van der Waals surface area contributed by atoms with E-state index < -0.39 is 5.54 Å². The summed E-state index contributed by atoms with van der Waals surface area (Å²) in [5.41, 5.74) is 9.47. The van der Waals surface area contributed by atoms with Gasteiger partial charge < -0.3 is 15.1 Å². The van der Waals surface area contributed by atoms with E-state index in [4.69, 9.17) is 10.2 Å². The van der Waals surface area contributed by atoms with E-state index in [0.29, 0.717) is 35.8 Å². The summed E-state index contributed by atoms with van der Waals surface area (Å²) < 4.78 is 5.97. The molecule has 1 aromatic carbocycles. The number of nitrogens with two attached hydrogens (primary N) is 1. The van der Waals surface area contributed by atoms with Gasteiger partial charge in [-0.2, -0.15) is 0 Å². The molecule has 2 atom stereocenters. The number of hydrogen-bond donors (Lipinski definition) is 1. The number of rotatable bonds is 6. The summed E-state index contributed by atoms with van der Waals surface area (Å²) in [5, 5.41) is 11.4. The minimum Gasteiger partial charge on any atom is -0.417 e. The third-order valence-corrected chi connectivity index (χ3v) is 7.25. The molecule has 2 N–H and O–H groups in total. The zero-order chi connectivity index (χ0) is 24.6. The summed E-state index contributed by atoms with van der Waals surface area (Å²) in [6, 6.07) is 13.5. The van der Waals surface area contributed by atoms with Crippen LogP contribution < -0.4 is 5.73 Å². The molecular formula is C26H28N6O2S. The predicted molar refractivity (Wildman–Crippen MR) is 134 cm³/mol. The van der Waals surface area contributed by atoms with Crippen molar-refractivity contribution in [3.63, 3.8) is 0 Å². The van der Waals surface area contributed by atoms with Crippen LogP contribution >= 0.6 is 11.3 Å². The molecule has 35 heavy (non-hydrogen) atoms. The van der Waals surface area contributed by atoms with Crippen molar-refractivity contribution < 1.29 is 9.21 Å². The Kier molecular flexibility index (Phi) is 6.21. The average Bonchev–Trinajstić information content (AvgIpc) is 3.59. The molecule has 0 unspecified atom stereocenters. The number of carbonyl (C=O) groups is 1. The lowest BCUT2D eigenvalue weighted by atomic mass is 9.94.